The largest absolute Gasteiger partial charge is 0.281 e. The fraction of sp³-hybridized carbons (Fsp3) is 0.235. The first-order valence-electron chi connectivity index (χ1n) is 6.71. The lowest BCUT2D eigenvalue weighted by atomic mass is 10.1. The fourth-order valence-corrected chi connectivity index (χ4v) is 1.77. The zero-order valence-electron chi connectivity index (χ0n) is 12.0. The number of aromatic amines is 1. The average molecular weight is 254 g/mol. The van der Waals surface area contributed by atoms with Crippen LogP contribution in [0.15, 0.2) is 60.7 Å². The molecule has 0 amide bonds. The Kier molecular flexibility index (Phi) is 6.37. The predicted octanol–water partition coefficient (Wildman–Crippen LogP) is 4.82. The fourth-order valence-electron chi connectivity index (χ4n) is 1.77. The maximum absolute atomic E-state index is 4.28. The molecule has 0 radical (unpaired) electrons. The Morgan fingerprint density at radius 2 is 2.05 bits per heavy atom. The smallest absolute Gasteiger partial charge is 0.0923 e. The maximum atomic E-state index is 4.28. The highest BCUT2D eigenvalue weighted by molar-refractivity contribution is 5.81. The summed E-state index contributed by atoms with van der Waals surface area (Å²) in [6.07, 6.45) is 8.82. The number of nitrogens with one attached hydrogen (secondary N) is 1. The summed E-state index contributed by atoms with van der Waals surface area (Å²) in [6, 6.07) is 8.13. The zero-order chi connectivity index (χ0) is 14.1. The van der Waals surface area contributed by atoms with Crippen LogP contribution in [0, 0.1) is 0 Å². The first-order valence-corrected chi connectivity index (χ1v) is 6.71. The molecule has 0 atom stereocenters. The van der Waals surface area contributed by atoms with Crippen molar-refractivity contribution in [3.8, 4) is 0 Å². The third kappa shape index (κ3) is 3.95. The van der Waals surface area contributed by atoms with E-state index in [1.807, 2.05) is 57.2 Å². The molecule has 0 aliphatic carbocycles. The van der Waals surface area contributed by atoms with Crippen molar-refractivity contribution in [3.05, 3.63) is 66.4 Å². The number of fused-ring (bicyclic) bond motifs is 1. The average Bonchev–Trinajstić information content (AvgIpc) is 2.89. The highest BCUT2D eigenvalue weighted by atomic mass is 15.1. The van der Waals surface area contributed by atoms with Gasteiger partial charge in [0, 0.05) is 17.5 Å². The minimum atomic E-state index is 0.828. The molecular weight excluding hydrogens is 232 g/mol. The number of benzene rings is 1. The Morgan fingerprint density at radius 3 is 2.74 bits per heavy atom. The molecule has 0 saturated carbocycles. The lowest BCUT2D eigenvalue weighted by Crippen LogP contribution is -1.88. The van der Waals surface area contributed by atoms with E-state index >= 15 is 0 Å². The first-order chi connectivity index (χ1) is 9.35. The van der Waals surface area contributed by atoms with Crippen molar-refractivity contribution in [1.29, 1.82) is 0 Å². The van der Waals surface area contributed by atoms with Crippen molar-refractivity contribution >= 4 is 10.9 Å². The number of rotatable bonds is 4. The molecule has 2 nitrogen and oxygen atoms in total. The van der Waals surface area contributed by atoms with E-state index < -0.39 is 0 Å². The Morgan fingerprint density at radius 1 is 1.32 bits per heavy atom. The van der Waals surface area contributed by atoms with Gasteiger partial charge in [-0.3, -0.25) is 5.10 Å². The van der Waals surface area contributed by atoms with Gasteiger partial charge in [0.2, 0.25) is 0 Å². The Balaban J connectivity index is 0.000000861. The molecule has 0 fully saturated rings. The molecule has 1 N–H and O–H groups in total. The van der Waals surface area contributed by atoms with Crippen LogP contribution in [0.5, 0.6) is 0 Å². The molecule has 19 heavy (non-hydrogen) atoms. The molecule has 0 aliphatic heterocycles. The SMILES string of the molecule is C=C/C(=C\C=C/C)Cc1[nH]nc2ccccc12.CC. The Hall–Kier alpha value is -2.09. The predicted molar refractivity (Wildman–Crippen MR) is 84.2 cm³/mol. The van der Waals surface area contributed by atoms with Gasteiger partial charge in [-0.05, 0) is 18.6 Å². The minimum absolute atomic E-state index is 0.828. The second kappa shape index (κ2) is 8.09. The quantitative estimate of drug-likeness (QED) is 0.778. The van der Waals surface area contributed by atoms with Gasteiger partial charge in [0.1, 0.15) is 0 Å². The van der Waals surface area contributed by atoms with Crippen LogP contribution in [-0.2, 0) is 6.42 Å². The van der Waals surface area contributed by atoms with E-state index in [-0.39, 0.29) is 0 Å². The van der Waals surface area contributed by atoms with Gasteiger partial charge in [0.25, 0.3) is 0 Å². The summed E-state index contributed by atoms with van der Waals surface area (Å²) < 4.78 is 0. The standard InChI is InChI=1S/C15H16N2.C2H6/c1-3-5-8-12(4-2)11-15-13-9-6-7-10-14(13)16-17-15;1-2/h3-10H,2,11H2,1H3,(H,16,17);1-2H3/b5-3-,12-8+;. The molecule has 1 aromatic heterocycles. The first kappa shape index (κ1) is 15.0. The number of hydrogen-bond acceptors (Lipinski definition) is 1. The monoisotopic (exact) mass is 254 g/mol. The highest BCUT2D eigenvalue weighted by Gasteiger charge is 2.04. The van der Waals surface area contributed by atoms with Gasteiger partial charge in [0.05, 0.1) is 5.52 Å². The number of H-pyrrole nitrogens is 1. The molecule has 2 heteroatoms. The van der Waals surface area contributed by atoms with E-state index in [0.717, 1.165) is 17.6 Å². The molecule has 2 rings (SSSR count). The van der Waals surface area contributed by atoms with Crippen molar-refractivity contribution in [1.82, 2.24) is 10.2 Å². The Bertz CT molecular complexity index is 574. The van der Waals surface area contributed by atoms with Crippen molar-refractivity contribution in [2.45, 2.75) is 27.2 Å². The van der Waals surface area contributed by atoms with E-state index in [0.29, 0.717) is 0 Å². The number of allylic oxidation sites excluding steroid dienone is 5. The zero-order valence-corrected chi connectivity index (χ0v) is 12.0. The van der Waals surface area contributed by atoms with Crippen molar-refractivity contribution in [3.63, 3.8) is 0 Å². The molecule has 0 unspecified atom stereocenters. The summed E-state index contributed by atoms with van der Waals surface area (Å²) in [5, 5.41) is 8.56. The van der Waals surface area contributed by atoms with Gasteiger partial charge >= 0.3 is 0 Å². The molecule has 0 bridgehead atoms. The molecule has 0 spiro atoms. The summed E-state index contributed by atoms with van der Waals surface area (Å²) in [7, 11) is 0. The van der Waals surface area contributed by atoms with Crippen molar-refractivity contribution in [2.24, 2.45) is 0 Å². The molecule has 1 heterocycles. The topological polar surface area (TPSA) is 28.7 Å². The third-order valence-corrected chi connectivity index (χ3v) is 2.69. The number of nitrogens with zero attached hydrogens (tertiary/aromatic N) is 1. The van der Waals surface area contributed by atoms with E-state index in [2.05, 4.69) is 28.9 Å². The number of para-hydroxylation sites is 1. The summed E-state index contributed by atoms with van der Waals surface area (Å²) in [4.78, 5) is 0. The van der Waals surface area contributed by atoms with E-state index in [4.69, 9.17) is 0 Å². The molecular formula is C17H22N2. The van der Waals surface area contributed by atoms with Gasteiger partial charge in [0.15, 0.2) is 0 Å². The molecule has 1 aromatic carbocycles. The minimum Gasteiger partial charge on any atom is -0.281 e. The summed E-state index contributed by atoms with van der Waals surface area (Å²) >= 11 is 0. The second-order valence-corrected chi connectivity index (χ2v) is 3.87. The lowest BCUT2D eigenvalue weighted by Gasteiger charge is -1.99. The molecule has 0 saturated heterocycles. The second-order valence-electron chi connectivity index (χ2n) is 3.87. The van der Waals surface area contributed by atoms with Gasteiger partial charge < -0.3 is 0 Å². The number of hydrogen-bond donors (Lipinski definition) is 1. The molecule has 100 valence electrons. The van der Waals surface area contributed by atoms with Crippen LogP contribution in [0.25, 0.3) is 10.9 Å². The van der Waals surface area contributed by atoms with Crippen LogP contribution in [0.3, 0.4) is 0 Å². The van der Waals surface area contributed by atoms with Gasteiger partial charge in [-0.2, -0.15) is 5.10 Å². The third-order valence-electron chi connectivity index (χ3n) is 2.69. The van der Waals surface area contributed by atoms with E-state index in [1.54, 1.807) is 0 Å². The molecule has 2 aromatic rings. The highest BCUT2D eigenvalue weighted by Crippen LogP contribution is 2.18. The van der Waals surface area contributed by atoms with Crippen LogP contribution < -0.4 is 0 Å². The van der Waals surface area contributed by atoms with Gasteiger partial charge in [-0.15, -0.1) is 0 Å². The molecule has 0 aliphatic rings. The number of aromatic nitrogens is 2. The van der Waals surface area contributed by atoms with Crippen LogP contribution >= 0.6 is 0 Å². The van der Waals surface area contributed by atoms with Crippen molar-refractivity contribution < 1.29 is 0 Å². The van der Waals surface area contributed by atoms with E-state index in [9.17, 15) is 0 Å². The van der Waals surface area contributed by atoms with Crippen molar-refractivity contribution in [2.75, 3.05) is 0 Å². The van der Waals surface area contributed by atoms with Gasteiger partial charge in [-0.25, -0.2) is 0 Å². The normalized spacial score (nSPS) is 11.4. The summed E-state index contributed by atoms with van der Waals surface area (Å²) in [5.74, 6) is 0. The maximum Gasteiger partial charge on any atom is 0.0923 e. The van der Waals surface area contributed by atoms with Crippen LogP contribution in [-0.4, -0.2) is 10.2 Å². The van der Waals surface area contributed by atoms with Gasteiger partial charge in [-0.1, -0.05) is 62.9 Å². The van der Waals surface area contributed by atoms with Crippen LogP contribution in [0.2, 0.25) is 0 Å². The van der Waals surface area contributed by atoms with Crippen LogP contribution in [0.4, 0.5) is 0 Å². The summed E-state index contributed by atoms with van der Waals surface area (Å²) in [6.45, 7) is 9.84. The summed E-state index contributed by atoms with van der Waals surface area (Å²) in [5.41, 5.74) is 3.32. The Labute approximate surface area is 115 Å². The van der Waals surface area contributed by atoms with E-state index in [1.165, 1.54) is 11.0 Å². The van der Waals surface area contributed by atoms with Crippen LogP contribution in [0.1, 0.15) is 26.5 Å². The lowest BCUT2D eigenvalue weighted by molar-refractivity contribution is 1.01.